The second-order valence-electron chi connectivity index (χ2n) is 5.41. The molecule has 4 nitrogen and oxygen atoms in total. The quantitative estimate of drug-likeness (QED) is 0.684. The van der Waals surface area contributed by atoms with Gasteiger partial charge in [-0.05, 0) is 54.6 Å². The monoisotopic (exact) mass is 377 g/mol. The maximum atomic E-state index is 13.0. The summed E-state index contributed by atoms with van der Waals surface area (Å²) in [6.45, 7) is -0.0998. The van der Waals surface area contributed by atoms with Gasteiger partial charge in [-0.3, -0.25) is 4.79 Å². The average molecular weight is 378 g/mol. The molecule has 0 spiro atoms. The fraction of sp³-hybridized carbons (Fsp3) is 0.105. The molecule has 3 rings (SSSR count). The lowest BCUT2D eigenvalue weighted by molar-refractivity contribution is -0.123. The van der Waals surface area contributed by atoms with E-state index in [1.165, 1.54) is 24.3 Å². The second-order valence-corrected chi connectivity index (χ2v) is 5.82. The zero-order valence-corrected chi connectivity index (χ0v) is 14.2. The number of carbonyl (C=O) groups is 1. The van der Waals surface area contributed by atoms with Gasteiger partial charge in [0.05, 0.1) is 11.6 Å². The lowest BCUT2D eigenvalue weighted by Crippen LogP contribution is -2.28. The molecular formula is C19H14ClF2NO3. The number of benzene rings is 2. The Morgan fingerprint density at radius 1 is 1.04 bits per heavy atom. The Bertz CT molecular complexity index is 909. The van der Waals surface area contributed by atoms with Crippen molar-refractivity contribution in [1.82, 2.24) is 5.32 Å². The van der Waals surface area contributed by atoms with E-state index >= 15 is 0 Å². The van der Waals surface area contributed by atoms with Gasteiger partial charge in [0.2, 0.25) is 0 Å². The van der Waals surface area contributed by atoms with Crippen LogP contribution in [0.1, 0.15) is 5.76 Å². The van der Waals surface area contributed by atoms with Crippen molar-refractivity contribution in [3.63, 3.8) is 0 Å². The van der Waals surface area contributed by atoms with Gasteiger partial charge in [0, 0.05) is 5.56 Å². The summed E-state index contributed by atoms with van der Waals surface area (Å²) in [6, 6.07) is 13.0. The minimum Gasteiger partial charge on any atom is -0.482 e. The van der Waals surface area contributed by atoms with Crippen LogP contribution in [0.5, 0.6) is 5.75 Å². The predicted molar refractivity (Wildman–Crippen MR) is 92.9 cm³/mol. The second kappa shape index (κ2) is 8.01. The third-order valence-corrected chi connectivity index (χ3v) is 3.80. The van der Waals surface area contributed by atoms with Crippen molar-refractivity contribution < 1.29 is 22.7 Å². The van der Waals surface area contributed by atoms with E-state index in [1.807, 2.05) is 0 Å². The SMILES string of the molecule is O=C(COc1ccc(F)cc1Cl)NCc1ccc(-c2ccc(F)cc2)o1. The van der Waals surface area contributed by atoms with E-state index in [2.05, 4.69) is 5.32 Å². The molecule has 3 aromatic rings. The van der Waals surface area contributed by atoms with Crippen LogP contribution in [0.25, 0.3) is 11.3 Å². The molecule has 1 aromatic heterocycles. The number of halogens is 3. The van der Waals surface area contributed by atoms with Gasteiger partial charge in [-0.25, -0.2) is 8.78 Å². The summed E-state index contributed by atoms with van der Waals surface area (Å²) in [6.07, 6.45) is 0. The molecule has 0 saturated heterocycles. The third-order valence-electron chi connectivity index (χ3n) is 3.50. The maximum Gasteiger partial charge on any atom is 0.258 e. The van der Waals surface area contributed by atoms with Crippen LogP contribution in [0.2, 0.25) is 5.02 Å². The van der Waals surface area contributed by atoms with E-state index in [-0.39, 0.29) is 35.6 Å². The van der Waals surface area contributed by atoms with Gasteiger partial charge in [-0.15, -0.1) is 0 Å². The topological polar surface area (TPSA) is 51.5 Å². The highest BCUT2D eigenvalue weighted by Crippen LogP contribution is 2.25. The fourth-order valence-corrected chi connectivity index (χ4v) is 2.44. The largest absolute Gasteiger partial charge is 0.482 e. The molecule has 7 heteroatoms. The first kappa shape index (κ1) is 17.9. The van der Waals surface area contributed by atoms with Gasteiger partial charge in [-0.2, -0.15) is 0 Å². The lowest BCUT2D eigenvalue weighted by Gasteiger charge is -2.08. The minimum absolute atomic E-state index is 0.0905. The maximum absolute atomic E-state index is 13.0. The Balaban J connectivity index is 1.51. The van der Waals surface area contributed by atoms with E-state index in [4.69, 9.17) is 20.8 Å². The van der Waals surface area contributed by atoms with Crippen LogP contribution in [-0.2, 0) is 11.3 Å². The Labute approximate surface area is 153 Å². The first-order valence-corrected chi connectivity index (χ1v) is 8.08. The van der Waals surface area contributed by atoms with E-state index < -0.39 is 5.82 Å². The Morgan fingerprint density at radius 3 is 2.50 bits per heavy atom. The Morgan fingerprint density at radius 2 is 1.77 bits per heavy atom. The average Bonchev–Trinajstić information content (AvgIpc) is 3.09. The summed E-state index contributed by atoms with van der Waals surface area (Å²) in [5.74, 6) is 0.140. The summed E-state index contributed by atoms with van der Waals surface area (Å²) in [7, 11) is 0. The molecule has 0 aliphatic rings. The van der Waals surface area contributed by atoms with Crippen molar-refractivity contribution >= 4 is 17.5 Å². The van der Waals surface area contributed by atoms with E-state index in [9.17, 15) is 13.6 Å². The first-order valence-electron chi connectivity index (χ1n) is 7.70. The molecule has 0 aliphatic carbocycles. The van der Waals surface area contributed by atoms with E-state index in [0.717, 1.165) is 11.6 Å². The van der Waals surface area contributed by atoms with E-state index in [1.54, 1.807) is 24.3 Å². The van der Waals surface area contributed by atoms with Crippen molar-refractivity contribution in [3.05, 3.63) is 77.0 Å². The van der Waals surface area contributed by atoms with Crippen LogP contribution in [0.3, 0.4) is 0 Å². The minimum atomic E-state index is -0.485. The fourth-order valence-electron chi connectivity index (χ4n) is 2.21. The zero-order valence-electron chi connectivity index (χ0n) is 13.5. The molecule has 0 radical (unpaired) electrons. The lowest BCUT2D eigenvalue weighted by atomic mass is 10.2. The van der Waals surface area contributed by atoms with Crippen LogP contribution in [0, 0.1) is 11.6 Å². The van der Waals surface area contributed by atoms with Gasteiger partial charge in [0.15, 0.2) is 6.61 Å². The summed E-state index contributed by atoms with van der Waals surface area (Å²) in [5, 5.41) is 2.73. The van der Waals surface area contributed by atoms with Crippen molar-refractivity contribution in [1.29, 1.82) is 0 Å². The number of furan rings is 1. The molecule has 1 N–H and O–H groups in total. The van der Waals surface area contributed by atoms with Crippen LogP contribution < -0.4 is 10.1 Å². The molecular weight excluding hydrogens is 364 g/mol. The molecule has 0 aliphatic heterocycles. The molecule has 1 amide bonds. The summed E-state index contributed by atoms with van der Waals surface area (Å²) in [4.78, 5) is 11.8. The van der Waals surface area contributed by atoms with Gasteiger partial charge in [0.1, 0.15) is 28.9 Å². The van der Waals surface area contributed by atoms with Crippen molar-refractivity contribution in [2.75, 3.05) is 6.61 Å². The van der Waals surface area contributed by atoms with Gasteiger partial charge in [0.25, 0.3) is 5.91 Å². The van der Waals surface area contributed by atoms with Crippen molar-refractivity contribution in [2.24, 2.45) is 0 Å². The highest BCUT2D eigenvalue weighted by molar-refractivity contribution is 6.32. The smallest absolute Gasteiger partial charge is 0.258 e. The Kier molecular flexibility index (Phi) is 5.53. The van der Waals surface area contributed by atoms with Gasteiger partial charge in [-0.1, -0.05) is 11.6 Å². The standard InChI is InChI=1S/C19H14ClF2NO3/c20-16-9-14(22)5-7-18(16)25-11-19(24)23-10-15-6-8-17(26-15)12-1-3-13(21)4-2-12/h1-9H,10-11H2,(H,23,24). The number of amides is 1. The number of hydrogen-bond donors (Lipinski definition) is 1. The molecule has 0 saturated carbocycles. The van der Waals surface area contributed by atoms with Crippen LogP contribution in [-0.4, -0.2) is 12.5 Å². The number of nitrogens with one attached hydrogen (secondary N) is 1. The predicted octanol–water partition coefficient (Wildman–Crippen LogP) is 4.57. The van der Waals surface area contributed by atoms with Crippen molar-refractivity contribution in [3.8, 4) is 17.1 Å². The number of rotatable bonds is 6. The highest BCUT2D eigenvalue weighted by Gasteiger charge is 2.09. The van der Waals surface area contributed by atoms with Crippen LogP contribution in [0.15, 0.2) is 59.0 Å². The summed E-state index contributed by atoms with van der Waals surface area (Å²) >= 11 is 5.82. The molecule has 0 unspecified atom stereocenters. The van der Waals surface area contributed by atoms with Crippen LogP contribution in [0.4, 0.5) is 8.78 Å². The van der Waals surface area contributed by atoms with Gasteiger partial charge >= 0.3 is 0 Å². The first-order chi connectivity index (χ1) is 12.5. The van der Waals surface area contributed by atoms with Crippen molar-refractivity contribution in [2.45, 2.75) is 6.54 Å². The molecule has 0 fully saturated rings. The number of hydrogen-bond acceptors (Lipinski definition) is 3. The molecule has 0 bridgehead atoms. The van der Waals surface area contributed by atoms with Gasteiger partial charge < -0.3 is 14.5 Å². The summed E-state index contributed by atoms with van der Waals surface area (Å²) < 4.78 is 36.8. The molecule has 134 valence electrons. The number of ether oxygens (including phenoxy) is 1. The molecule has 1 heterocycles. The Hall–Kier alpha value is -2.86. The normalized spacial score (nSPS) is 10.6. The molecule has 26 heavy (non-hydrogen) atoms. The molecule has 2 aromatic carbocycles. The zero-order chi connectivity index (χ0) is 18.5. The highest BCUT2D eigenvalue weighted by atomic mass is 35.5. The number of carbonyl (C=O) groups excluding carboxylic acids is 1. The van der Waals surface area contributed by atoms with E-state index in [0.29, 0.717) is 11.5 Å². The van der Waals surface area contributed by atoms with Crippen LogP contribution >= 0.6 is 11.6 Å². The third kappa shape index (κ3) is 4.61. The summed E-state index contributed by atoms with van der Waals surface area (Å²) in [5.41, 5.74) is 0.735. The molecule has 0 atom stereocenters.